The normalized spacial score (nSPS) is 14.8. The minimum atomic E-state index is -0.695. The molecular formula is C70H53NO2S. The largest absolute Gasteiger partial charge is 0.457 e. The standard InChI is InChI=1S/C70H53NO2S/c1-67(2,3)42-30-34-47-48-35-31-43(68(4,5)6)39-56(48)70(55(47)38-42)54-23-12-15-27-62(54)73-63-37-33-45(41-58(63)70)71(59-24-17-29-65-66(59)50-19-8-16-28-64(50)74-65)44-32-36-49-46-18-7-9-20-51(46)69(57(49)40-44)52-21-10-13-25-60(52)72-61-26-14-11-22-53(61)69/h7-41H,1-6H3. The van der Waals surface area contributed by atoms with Crippen LogP contribution in [0, 0.1) is 0 Å². The van der Waals surface area contributed by atoms with Gasteiger partial charge in [-0.3, -0.25) is 0 Å². The second kappa shape index (κ2) is 15.2. The maximum Gasteiger partial charge on any atom is 0.132 e. The summed E-state index contributed by atoms with van der Waals surface area (Å²) in [6.07, 6.45) is 0. The van der Waals surface area contributed by atoms with Crippen molar-refractivity contribution >= 4 is 48.6 Å². The molecule has 4 aliphatic rings. The Bertz CT molecular complexity index is 4090. The van der Waals surface area contributed by atoms with Crippen LogP contribution in [-0.2, 0) is 21.7 Å². The smallest absolute Gasteiger partial charge is 0.132 e. The van der Waals surface area contributed by atoms with Crippen LogP contribution >= 0.6 is 11.3 Å². The van der Waals surface area contributed by atoms with Crippen molar-refractivity contribution in [3.8, 4) is 45.3 Å². The van der Waals surface area contributed by atoms with E-state index in [-0.39, 0.29) is 10.8 Å². The Kier molecular flexibility index (Phi) is 8.91. The summed E-state index contributed by atoms with van der Waals surface area (Å²) in [6, 6.07) is 79.6. The van der Waals surface area contributed by atoms with Crippen molar-refractivity contribution in [2.45, 2.75) is 63.2 Å². The van der Waals surface area contributed by atoms with Crippen molar-refractivity contribution in [2.75, 3.05) is 4.90 Å². The van der Waals surface area contributed by atoms with Crippen LogP contribution in [0.2, 0.25) is 0 Å². The van der Waals surface area contributed by atoms with Gasteiger partial charge in [-0.05, 0) is 133 Å². The van der Waals surface area contributed by atoms with Crippen LogP contribution in [0.4, 0.5) is 17.1 Å². The van der Waals surface area contributed by atoms with Gasteiger partial charge in [-0.15, -0.1) is 11.3 Å². The average molecular weight is 972 g/mol. The summed E-state index contributed by atoms with van der Waals surface area (Å²) in [5.74, 6) is 3.52. The van der Waals surface area contributed by atoms with E-state index < -0.39 is 10.8 Å². The molecular weight excluding hydrogens is 919 g/mol. The van der Waals surface area contributed by atoms with Gasteiger partial charge in [0, 0.05) is 53.8 Å². The van der Waals surface area contributed by atoms with Crippen molar-refractivity contribution in [1.82, 2.24) is 0 Å². The van der Waals surface area contributed by atoms with E-state index in [0.717, 1.165) is 62.3 Å². The van der Waals surface area contributed by atoms with Crippen molar-refractivity contribution < 1.29 is 9.47 Å². The van der Waals surface area contributed by atoms with Crippen LogP contribution in [0.25, 0.3) is 42.4 Å². The van der Waals surface area contributed by atoms with E-state index >= 15 is 0 Å². The molecule has 10 aromatic carbocycles. The van der Waals surface area contributed by atoms with Crippen molar-refractivity contribution in [3.63, 3.8) is 0 Å². The molecule has 0 amide bonds. The molecule has 2 aliphatic carbocycles. The Hall–Kier alpha value is -8.18. The zero-order valence-electron chi connectivity index (χ0n) is 42.4. The maximum absolute atomic E-state index is 7.16. The van der Waals surface area contributed by atoms with E-state index in [1.165, 1.54) is 75.8 Å². The average Bonchev–Trinajstić information content (AvgIpc) is 4.15. The van der Waals surface area contributed by atoms with E-state index in [4.69, 9.17) is 9.47 Å². The van der Waals surface area contributed by atoms with Gasteiger partial charge in [0.15, 0.2) is 0 Å². The van der Waals surface area contributed by atoms with Gasteiger partial charge in [-0.2, -0.15) is 0 Å². The third-order valence-electron chi connectivity index (χ3n) is 16.7. The number of anilines is 3. The SMILES string of the molecule is CC(C)(C)c1ccc2c(c1)C1(c3ccccc3Oc3ccc(N(c4ccc5c(c4)C4(c6ccccc6Oc6ccccc64)c4ccccc4-5)c4cccc5sc6ccccc6c45)cc31)c1cc(C(C)(C)C)ccc1-2. The lowest BCUT2D eigenvalue weighted by Crippen LogP contribution is -2.33. The molecule has 0 bridgehead atoms. The van der Waals surface area contributed by atoms with E-state index in [1.807, 2.05) is 11.3 Å². The Morgan fingerprint density at radius 3 is 1.38 bits per heavy atom. The Balaban J connectivity index is 1.05. The molecule has 3 heterocycles. The molecule has 2 aliphatic heterocycles. The number of benzene rings is 10. The number of hydrogen-bond donors (Lipinski definition) is 0. The molecule has 1 aromatic heterocycles. The van der Waals surface area contributed by atoms with Crippen molar-refractivity contribution in [3.05, 3.63) is 268 Å². The van der Waals surface area contributed by atoms with Gasteiger partial charge >= 0.3 is 0 Å². The number of thiophene rings is 1. The molecule has 74 heavy (non-hydrogen) atoms. The van der Waals surface area contributed by atoms with Crippen molar-refractivity contribution in [2.24, 2.45) is 0 Å². The maximum atomic E-state index is 7.16. The summed E-state index contributed by atoms with van der Waals surface area (Å²) in [7, 11) is 0. The lowest BCUT2D eigenvalue weighted by atomic mass is 9.65. The van der Waals surface area contributed by atoms with Gasteiger partial charge in [0.2, 0.25) is 0 Å². The van der Waals surface area contributed by atoms with Crippen LogP contribution in [0.1, 0.15) is 97.2 Å². The van der Waals surface area contributed by atoms with E-state index in [9.17, 15) is 0 Å². The zero-order valence-corrected chi connectivity index (χ0v) is 43.2. The summed E-state index contributed by atoms with van der Waals surface area (Å²) >= 11 is 1.86. The summed E-state index contributed by atoms with van der Waals surface area (Å²) in [6.45, 7) is 14.0. The minimum absolute atomic E-state index is 0.0776. The second-order valence-electron chi connectivity index (χ2n) is 22.8. The highest BCUT2D eigenvalue weighted by molar-refractivity contribution is 7.26. The topological polar surface area (TPSA) is 21.7 Å². The fraction of sp³-hybridized carbons (Fsp3) is 0.143. The quantitative estimate of drug-likeness (QED) is 0.176. The number of nitrogens with zero attached hydrogens (tertiary/aromatic N) is 1. The van der Waals surface area contributed by atoms with Crippen LogP contribution in [0.3, 0.4) is 0 Å². The minimum Gasteiger partial charge on any atom is -0.457 e. The number of para-hydroxylation sites is 3. The van der Waals surface area contributed by atoms with E-state index in [0.29, 0.717) is 0 Å². The monoisotopic (exact) mass is 971 g/mol. The summed E-state index contributed by atoms with van der Waals surface area (Å²) in [4.78, 5) is 2.54. The summed E-state index contributed by atoms with van der Waals surface area (Å²) in [5, 5.41) is 2.49. The molecule has 0 unspecified atom stereocenters. The highest BCUT2D eigenvalue weighted by Crippen LogP contribution is 2.65. The van der Waals surface area contributed by atoms with Gasteiger partial charge in [0.05, 0.1) is 16.5 Å². The number of rotatable bonds is 3. The predicted molar refractivity (Wildman–Crippen MR) is 306 cm³/mol. The molecule has 4 heteroatoms. The first kappa shape index (κ1) is 43.4. The fourth-order valence-electron chi connectivity index (χ4n) is 13.4. The van der Waals surface area contributed by atoms with E-state index in [2.05, 4.69) is 259 Å². The predicted octanol–water partition coefficient (Wildman–Crippen LogP) is 19.1. The molecule has 0 fully saturated rings. The number of fused-ring (bicyclic) bond motifs is 21. The fourth-order valence-corrected chi connectivity index (χ4v) is 14.5. The van der Waals surface area contributed by atoms with Gasteiger partial charge in [0.1, 0.15) is 23.0 Å². The second-order valence-corrected chi connectivity index (χ2v) is 23.8. The van der Waals surface area contributed by atoms with E-state index in [1.54, 1.807) is 0 Å². The van der Waals surface area contributed by atoms with Crippen LogP contribution in [-0.4, -0.2) is 0 Å². The lowest BCUT2D eigenvalue weighted by Gasteiger charge is -2.41. The molecule has 0 N–H and O–H groups in total. The van der Waals surface area contributed by atoms with Gasteiger partial charge in [0.25, 0.3) is 0 Å². The molecule has 0 radical (unpaired) electrons. The zero-order chi connectivity index (χ0) is 49.9. The number of hydrogen-bond acceptors (Lipinski definition) is 4. The molecule has 0 saturated carbocycles. The van der Waals surface area contributed by atoms with Crippen LogP contribution in [0.15, 0.2) is 212 Å². The Morgan fingerprint density at radius 1 is 0.351 bits per heavy atom. The first-order valence-electron chi connectivity index (χ1n) is 26.0. The highest BCUT2D eigenvalue weighted by Gasteiger charge is 2.53. The first-order valence-corrected chi connectivity index (χ1v) is 26.8. The van der Waals surface area contributed by atoms with Crippen LogP contribution < -0.4 is 14.4 Å². The van der Waals surface area contributed by atoms with Crippen molar-refractivity contribution in [1.29, 1.82) is 0 Å². The lowest BCUT2D eigenvalue weighted by molar-refractivity contribution is 0.436. The highest BCUT2D eigenvalue weighted by atomic mass is 32.1. The molecule has 15 rings (SSSR count). The van der Waals surface area contributed by atoms with Gasteiger partial charge in [-0.25, -0.2) is 0 Å². The third kappa shape index (κ3) is 5.78. The molecule has 11 aromatic rings. The summed E-state index contributed by atoms with van der Waals surface area (Å²) in [5.41, 5.74) is 19.1. The van der Waals surface area contributed by atoms with Gasteiger partial charge in [-0.1, -0.05) is 187 Å². The van der Waals surface area contributed by atoms with Gasteiger partial charge < -0.3 is 14.4 Å². The Morgan fingerprint density at radius 2 is 0.784 bits per heavy atom. The molecule has 0 atom stereocenters. The Labute approximate surface area is 437 Å². The molecule has 0 saturated heterocycles. The molecule has 3 nitrogen and oxygen atoms in total. The molecule has 356 valence electrons. The third-order valence-corrected chi connectivity index (χ3v) is 17.9. The molecule has 2 spiro atoms. The first-order chi connectivity index (χ1) is 35.9. The summed E-state index contributed by atoms with van der Waals surface area (Å²) < 4.78 is 16.5. The van der Waals surface area contributed by atoms with Crippen LogP contribution in [0.5, 0.6) is 23.0 Å². The number of ether oxygens (including phenoxy) is 2.